The van der Waals surface area contributed by atoms with Crippen LogP contribution in [0.3, 0.4) is 0 Å². The number of nitrogens with zero attached hydrogens (tertiary/aromatic N) is 1. The molecule has 2 N–H and O–H groups in total. The van der Waals surface area contributed by atoms with Gasteiger partial charge in [0.15, 0.2) is 0 Å². The average Bonchev–Trinajstić information content (AvgIpc) is 3.40. The molecule has 4 rings (SSSR count). The monoisotopic (exact) mass is 331 g/mol. The second kappa shape index (κ2) is 6.59. The molecule has 0 radical (unpaired) electrons. The van der Waals surface area contributed by atoms with Crippen LogP contribution in [0.1, 0.15) is 43.4 Å². The smallest absolute Gasteiger partial charge is 0.322 e. The van der Waals surface area contributed by atoms with Gasteiger partial charge >= 0.3 is 6.03 Å². The molecular formula is C18H25N3O3. The molecule has 2 heterocycles. The highest BCUT2D eigenvalue weighted by Gasteiger charge is 2.33. The minimum atomic E-state index is -0.198. The van der Waals surface area contributed by atoms with E-state index in [1.807, 2.05) is 11.0 Å². The quantitative estimate of drug-likeness (QED) is 0.892. The summed E-state index contributed by atoms with van der Waals surface area (Å²) in [4.78, 5) is 29.8. The number of H-pyrrole nitrogens is 1. The number of morpholine rings is 1. The first-order valence-electron chi connectivity index (χ1n) is 9.11. The van der Waals surface area contributed by atoms with Crippen molar-refractivity contribution in [1.82, 2.24) is 9.88 Å². The highest BCUT2D eigenvalue weighted by Crippen LogP contribution is 2.35. The zero-order chi connectivity index (χ0) is 16.5. The van der Waals surface area contributed by atoms with Gasteiger partial charge in [-0.1, -0.05) is 12.8 Å². The Labute approximate surface area is 141 Å². The molecule has 1 saturated heterocycles. The summed E-state index contributed by atoms with van der Waals surface area (Å²) < 4.78 is 5.55. The summed E-state index contributed by atoms with van der Waals surface area (Å²) in [5, 5.41) is 2.84. The zero-order valence-corrected chi connectivity index (χ0v) is 14.0. The van der Waals surface area contributed by atoms with Gasteiger partial charge in [-0.25, -0.2) is 4.79 Å². The van der Waals surface area contributed by atoms with Crippen LogP contribution in [0.4, 0.5) is 10.5 Å². The van der Waals surface area contributed by atoms with E-state index >= 15 is 0 Å². The van der Waals surface area contributed by atoms with E-state index in [0.29, 0.717) is 25.4 Å². The first-order valence-corrected chi connectivity index (χ1v) is 9.11. The molecule has 0 bridgehead atoms. The van der Waals surface area contributed by atoms with Crippen LogP contribution in [0.2, 0.25) is 0 Å². The molecular weight excluding hydrogens is 306 g/mol. The Kier molecular flexibility index (Phi) is 4.31. The van der Waals surface area contributed by atoms with Gasteiger partial charge in [-0.05, 0) is 49.7 Å². The van der Waals surface area contributed by atoms with Crippen molar-refractivity contribution in [2.24, 2.45) is 5.92 Å². The maximum atomic E-state index is 12.7. The predicted molar refractivity (Wildman–Crippen MR) is 91.4 cm³/mol. The van der Waals surface area contributed by atoms with Crippen molar-refractivity contribution in [2.45, 2.75) is 51.0 Å². The number of fused-ring (bicyclic) bond motifs is 1. The van der Waals surface area contributed by atoms with Crippen molar-refractivity contribution < 1.29 is 9.53 Å². The van der Waals surface area contributed by atoms with Gasteiger partial charge in [0.1, 0.15) is 5.69 Å². The van der Waals surface area contributed by atoms with Gasteiger partial charge in [0.05, 0.1) is 19.3 Å². The topological polar surface area (TPSA) is 74.4 Å². The normalized spacial score (nSPS) is 23.7. The number of hydrogen-bond donors (Lipinski definition) is 2. The number of aromatic amines is 1. The van der Waals surface area contributed by atoms with Crippen LogP contribution < -0.4 is 10.9 Å². The minimum Gasteiger partial charge on any atom is -0.377 e. The van der Waals surface area contributed by atoms with Crippen LogP contribution in [0.5, 0.6) is 0 Å². The van der Waals surface area contributed by atoms with Gasteiger partial charge < -0.3 is 19.9 Å². The molecule has 130 valence electrons. The lowest BCUT2D eigenvalue weighted by atomic mass is 9.96. The minimum absolute atomic E-state index is 0.128. The number of carbonyl (C=O) groups is 1. The van der Waals surface area contributed by atoms with Crippen LogP contribution in [-0.4, -0.2) is 41.7 Å². The number of carbonyl (C=O) groups excluding carboxylic acids is 1. The van der Waals surface area contributed by atoms with E-state index in [-0.39, 0.29) is 17.6 Å². The molecule has 2 amide bonds. The largest absolute Gasteiger partial charge is 0.377 e. The van der Waals surface area contributed by atoms with Gasteiger partial charge in [-0.15, -0.1) is 0 Å². The van der Waals surface area contributed by atoms with E-state index in [1.165, 1.54) is 12.8 Å². The number of hydrogen-bond acceptors (Lipinski definition) is 3. The van der Waals surface area contributed by atoms with Crippen molar-refractivity contribution in [3.8, 4) is 0 Å². The Bertz CT molecular complexity index is 681. The number of nitrogens with one attached hydrogen (secondary N) is 2. The molecule has 2 aliphatic carbocycles. The number of aryl methyl sites for hydroxylation is 2. The molecule has 0 spiro atoms. The van der Waals surface area contributed by atoms with Crippen molar-refractivity contribution in [1.29, 1.82) is 0 Å². The zero-order valence-electron chi connectivity index (χ0n) is 14.0. The molecule has 2 fully saturated rings. The number of amides is 2. The van der Waals surface area contributed by atoms with Gasteiger partial charge in [0.25, 0.3) is 5.56 Å². The van der Waals surface area contributed by atoms with E-state index in [2.05, 4.69) is 10.3 Å². The summed E-state index contributed by atoms with van der Waals surface area (Å²) in [6.45, 7) is 1.76. The second-order valence-electron chi connectivity index (χ2n) is 7.25. The number of ether oxygens (including phenoxy) is 1. The fourth-order valence-corrected chi connectivity index (χ4v) is 3.81. The van der Waals surface area contributed by atoms with Gasteiger partial charge in [-0.2, -0.15) is 0 Å². The van der Waals surface area contributed by atoms with Crippen LogP contribution in [0, 0.1) is 5.92 Å². The Balaban J connectivity index is 1.49. The fourth-order valence-electron chi connectivity index (χ4n) is 3.81. The molecule has 1 aromatic heterocycles. The van der Waals surface area contributed by atoms with Crippen LogP contribution >= 0.6 is 0 Å². The van der Waals surface area contributed by atoms with Gasteiger partial charge in [0, 0.05) is 12.2 Å². The highest BCUT2D eigenvalue weighted by atomic mass is 16.5. The molecule has 3 aliphatic rings. The van der Waals surface area contributed by atoms with E-state index in [1.54, 1.807) is 0 Å². The Morgan fingerprint density at radius 2 is 2.17 bits per heavy atom. The van der Waals surface area contributed by atoms with E-state index in [9.17, 15) is 9.59 Å². The molecule has 6 nitrogen and oxygen atoms in total. The highest BCUT2D eigenvalue weighted by molar-refractivity contribution is 5.89. The summed E-state index contributed by atoms with van der Waals surface area (Å²) in [6.07, 6.45) is 7.67. The number of rotatable bonds is 3. The van der Waals surface area contributed by atoms with Crippen molar-refractivity contribution in [2.75, 3.05) is 25.1 Å². The van der Waals surface area contributed by atoms with Gasteiger partial charge in [-0.3, -0.25) is 4.79 Å². The van der Waals surface area contributed by atoms with Gasteiger partial charge in [0.2, 0.25) is 0 Å². The second-order valence-corrected chi connectivity index (χ2v) is 7.25. The molecule has 1 aromatic rings. The summed E-state index contributed by atoms with van der Waals surface area (Å²) >= 11 is 0. The lowest BCUT2D eigenvalue weighted by Crippen LogP contribution is -2.51. The molecule has 0 aromatic carbocycles. The van der Waals surface area contributed by atoms with E-state index in [0.717, 1.165) is 49.3 Å². The maximum absolute atomic E-state index is 12.7. The van der Waals surface area contributed by atoms with Crippen molar-refractivity contribution >= 4 is 11.7 Å². The Morgan fingerprint density at radius 3 is 3.00 bits per heavy atom. The number of anilines is 1. The summed E-state index contributed by atoms with van der Waals surface area (Å²) in [7, 11) is 0. The summed E-state index contributed by atoms with van der Waals surface area (Å²) in [5.74, 6) is 0.735. The number of pyridine rings is 1. The lowest BCUT2D eigenvalue weighted by molar-refractivity contribution is 0.0108. The van der Waals surface area contributed by atoms with Crippen LogP contribution in [0.25, 0.3) is 0 Å². The Morgan fingerprint density at radius 1 is 1.33 bits per heavy atom. The predicted octanol–water partition coefficient (Wildman–Crippen LogP) is 2.29. The molecule has 1 unspecified atom stereocenters. The molecule has 1 atom stereocenters. The van der Waals surface area contributed by atoms with E-state index < -0.39 is 0 Å². The van der Waals surface area contributed by atoms with Crippen LogP contribution in [0.15, 0.2) is 10.9 Å². The number of urea groups is 1. The number of aromatic nitrogens is 1. The van der Waals surface area contributed by atoms with Crippen molar-refractivity contribution in [3.05, 3.63) is 27.7 Å². The standard InChI is InChI=1S/C18H25N3O3/c22-17-16(10-13-3-1-2-4-15(13)19-17)20-18(23)21-7-8-24-11-14(21)9-12-5-6-12/h10,12,14H,1-9,11H2,(H,19,22)(H,20,23). The average molecular weight is 331 g/mol. The first kappa shape index (κ1) is 15.7. The van der Waals surface area contributed by atoms with Crippen LogP contribution in [-0.2, 0) is 17.6 Å². The summed E-state index contributed by atoms with van der Waals surface area (Å²) in [5.41, 5.74) is 2.36. The third-order valence-electron chi connectivity index (χ3n) is 5.37. The molecule has 24 heavy (non-hydrogen) atoms. The SMILES string of the molecule is O=C(Nc1cc2c([nH]c1=O)CCCC2)N1CCOCC1CC1CC1. The third-order valence-corrected chi connectivity index (χ3v) is 5.37. The third kappa shape index (κ3) is 3.34. The first-order chi connectivity index (χ1) is 11.7. The summed E-state index contributed by atoms with van der Waals surface area (Å²) in [6, 6.07) is 1.81. The molecule has 1 aliphatic heterocycles. The van der Waals surface area contributed by atoms with E-state index in [4.69, 9.17) is 4.74 Å². The van der Waals surface area contributed by atoms with Crippen molar-refractivity contribution in [3.63, 3.8) is 0 Å². The Hall–Kier alpha value is -1.82. The maximum Gasteiger partial charge on any atom is 0.322 e. The molecule has 6 heteroatoms. The lowest BCUT2D eigenvalue weighted by Gasteiger charge is -2.35. The molecule has 1 saturated carbocycles. The fraction of sp³-hybridized carbons (Fsp3) is 0.667.